The average molecular weight is 224 g/mol. The molecule has 3 heteroatoms. The minimum Gasteiger partial charge on any atom is -0.478 e. The van der Waals surface area contributed by atoms with Crippen molar-refractivity contribution in [2.45, 2.75) is 52.4 Å². The van der Waals surface area contributed by atoms with Crippen molar-refractivity contribution in [3.8, 4) is 0 Å². The van der Waals surface area contributed by atoms with Gasteiger partial charge in [0.25, 0.3) is 0 Å². The van der Waals surface area contributed by atoms with Crippen LogP contribution in [0, 0.1) is 0 Å². The standard InChI is InChI=1S/C13H20O3/c1-5-7-10-9(12(14)15)8-11(16-10)13(3,4)6-2/h8H,5-7H2,1-4H3,(H,14,15). The van der Waals surface area contributed by atoms with Gasteiger partial charge in [-0.05, 0) is 18.9 Å². The highest BCUT2D eigenvalue weighted by molar-refractivity contribution is 5.89. The molecule has 0 aliphatic carbocycles. The van der Waals surface area contributed by atoms with E-state index in [9.17, 15) is 4.79 Å². The summed E-state index contributed by atoms with van der Waals surface area (Å²) < 4.78 is 5.69. The summed E-state index contributed by atoms with van der Waals surface area (Å²) in [5, 5.41) is 9.08. The van der Waals surface area contributed by atoms with E-state index < -0.39 is 5.97 Å². The van der Waals surface area contributed by atoms with E-state index in [1.54, 1.807) is 6.07 Å². The van der Waals surface area contributed by atoms with E-state index >= 15 is 0 Å². The number of hydrogen-bond acceptors (Lipinski definition) is 2. The van der Waals surface area contributed by atoms with Gasteiger partial charge in [-0.15, -0.1) is 0 Å². The van der Waals surface area contributed by atoms with E-state index in [0.717, 1.165) is 18.6 Å². The molecule has 0 saturated carbocycles. The molecule has 0 spiro atoms. The van der Waals surface area contributed by atoms with Crippen molar-refractivity contribution in [3.63, 3.8) is 0 Å². The number of rotatable bonds is 5. The van der Waals surface area contributed by atoms with Crippen molar-refractivity contribution < 1.29 is 14.3 Å². The smallest absolute Gasteiger partial charge is 0.339 e. The molecule has 0 bridgehead atoms. The second-order valence-electron chi connectivity index (χ2n) is 4.74. The third-order valence-corrected chi connectivity index (χ3v) is 3.07. The molecule has 0 saturated heterocycles. The summed E-state index contributed by atoms with van der Waals surface area (Å²) in [5.41, 5.74) is 0.217. The van der Waals surface area contributed by atoms with Gasteiger partial charge in [0.1, 0.15) is 17.1 Å². The van der Waals surface area contributed by atoms with Crippen LogP contribution in [0.3, 0.4) is 0 Å². The van der Waals surface area contributed by atoms with E-state index in [0.29, 0.717) is 17.7 Å². The molecule has 0 amide bonds. The number of aryl methyl sites for hydroxylation is 1. The molecule has 90 valence electrons. The molecule has 1 rings (SSSR count). The number of aromatic carboxylic acids is 1. The first-order valence-corrected chi connectivity index (χ1v) is 5.78. The van der Waals surface area contributed by atoms with E-state index in [-0.39, 0.29) is 5.41 Å². The lowest BCUT2D eigenvalue weighted by Crippen LogP contribution is -2.14. The Morgan fingerprint density at radius 2 is 2.06 bits per heavy atom. The Morgan fingerprint density at radius 1 is 1.44 bits per heavy atom. The Labute approximate surface area is 96.5 Å². The quantitative estimate of drug-likeness (QED) is 0.831. The molecule has 0 atom stereocenters. The predicted octanol–water partition coefficient (Wildman–Crippen LogP) is 3.62. The Morgan fingerprint density at radius 3 is 2.50 bits per heavy atom. The number of furan rings is 1. The normalized spacial score (nSPS) is 11.8. The molecular weight excluding hydrogens is 204 g/mol. The van der Waals surface area contributed by atoms with Crippen LogP contribution in [0.15, 0.2) is 10.5 Å². The van der Waals surface area contributed by atoms with Crippen LogP contribution in [0.4, 0.5) is 0 Å². The molecular formula is C13H20O3. The molecule has 0 radical (unpaired) electrons. The summed E-state index contributed by atoms with van der Waals surface area (Å²) in [6.07, 6.45) is 2.49. The zero-order valence-corrected chi connectivity index (χ0v) is 10.5. The van der Waals surface area contributed by atoms with Gasteiger partial charge in [-0.3, -0.25) is 0 Å². The third kappa shape index (κ3) is 2.46. The first-order valence-electron chi connectivity index (χ1n) is 5.78. The van der Waals surface area contributed by atoms with Gasteiger partial charge in [-0.1, -0.05) is 27.7 Å². The van der Waals surface area contributed by atoms with Gasteiger partial charge < -0.3 is 9.52 Å². The van der Waals surface area contributed by atoms with Crippen molar-refractivity contribution in [2.75, 3.05) is 0 Å². The molecule has 1 aromatic rings. The van der Waals surface area contributed by atoms with Crippen molar-refractivity contribution in [1.29, 1.82) is 0 Å². The van der Waals surface area contributed by atoms with Gasteiger partial charge in [0, 0.05) is 11.8 Å². The highest BCUT2D eigenvalue weighted by Gasteiger charge is 2.26. The van der Waals surface area contributed by atoms with Crippen molar-refractivity contribution >= 4 is 5.97 Å². The minimum atomic E-state index is -0.898. The maximum atomic E-state index is 11.1. The Balaban J connectivity index is 3.15. The van der Waals surface area contributed by atoms with Crippen LogP contribution >= 0.6 is 0 Å². The zero-order valence-electron chi connectivity index (χ0n) is 10.5. The summed E-state index contributed by atoms with van der Waals surface area (Å²) in [6, 6.07) is 1.68. The molecule has 0 aromatic carbocycles. The molecule has 1 N–H and O–H groups in total. The third-order valence-electron chi connectivity index (χ3n) is 3.07. The van der Waals surface area contributed by atoms with Gasteiger partial charge in [0.15, 0.2) is 0 Å². The van der Waals surface area contributed by atoms with Crippen LogP contribution < -0.4 is 0 Å². The van der Waals surface area contributed by atoms with Gasteiger partial charge in [-0.25, -0.2) is 4.79 Å². The average Bonchev–Trinajstić information content (AvgIpc) is 2.63. The number of carboxylic acids is 1. The first kappa shape index (κ1) is 12.8. The first-order chi connectivity index (χ1) is 7.42. The summed E-state index contributed by atoms with van der Waals surface area (Å²) in [4.78, 5) is 11.1. The highest BCUT2D eigenvalue weighted by atomic mass is 16.4. The predicted molar refractivity (Wildman–Crippen MR) is 63.0 cm³/mol. The van der Waals surface area contributed by atoms with E-state index in [2.05, 4.69) is 20.8 Å². The van der Waals surface area contributed by atoms with Gasteiger partial charge in [-0.2, -0.15) is 0 Å². The van der Waals surface area contributed by atoms with E-state index in [1.165, 1.54) is 0 Å². The molecule has 0 fully saturated rings. The lowest BCUT2D eigenvalue weighted by molar-refractivity contribution is 0.0694. The van der Waals surface area contributed by atoms with Crippen LogP contribution in [-0.2, 0) is 11.8 Å². The van der Waals surface area contributed by atoms with Crippen LogP contribution in [0.1, 0.15) is 62.4 Å². The Hall–Kier alpha value is -1.25. The van der Waals surface area contributed by atoms with Crippen LogP contribution in [0.5, 0.6) is 0 Å². The van der Waals surface area contributed by atoms with E-state index in [1.807, 2.05) is 6.92 Å². The van der Waals surface area contributed by atoms with E-state index in [4.69, 9.17) is 9.52 Å². The zero-order chi connectivity index (χ0) is 12.3. The fourth-order valence-electron chi connectivity index (χ4n) is 1.53. The largest absolute Gasteiger partial charge is 0.478 e. The highest BCUT2D eigenvalue weighted by Crippen LogP contribution is 2.31. The second-order valence-corrected chi connectivity index (χ2v) is 4.74. The van der Waals surface area contributed by atoms with Crippen LogP contribution in [-0.4, -0.2) is 11.1 Å². The lowest BCUT2D eigenvalue weighted by Gasteiger charge is -2.19. The Kier molecular flexibility index (Phi) is 3.79. The summed E-state index contributed by atoms with van der Waals surface area (Å²) in [7, 11) is 0. The molecule has 0 unspecified atom stereocenters. The van der Waals surface area contributed by atoms with Gasteiger partial charge >= 0.3 is 5.97 Å². The van der Waals surface area contributed by atoms with Crippen molar-refractivity contribution in [3.05, 3.63) is 23.2 Å². The van der Waals surface area contributed by atoms with Crippen molar-refractivity contribution in [2.24, 2.45) is 0 Å². The summed E-state index contributed by atoms with van der Waals surface area (Å²) >= 11 is 0. The molecule has 16 heavy (non-hydrogen) atoms. The molecule has 3 nitrogen and oxygen atoms in total. The SMILES string of the molecule is CCCc1oc(C(C)(C)CC)cc1C(=O)O. The van der Waals surface area contributed by atoms with Crippen LogP contribution in [0.25, 0.3) is 0 Å². The van der Waals surface area contributed by atoms with Gasteiger partial charge in [0.05, 0.1) is 0 Å². The van der Waals surface area contributed by atoms with Gasteiger partial charge in [0.2, 0.25) is 0 Å². The molecule has 0 aliphatic rings. The number of hydrogen-bond donors (Lipinski definition) is 1. The maximum Gasteiger partial charge on any atom is 0.339 e. The summed E-state index contributed by atoms with van der Waals surface area (Å²) in [5.74, 6) is 0.479. The fourth-order valence-corrected chi connectivity index (χ4v) is 1.53. The van der Waals surface area contributed by atoms with Crippen LogP contribution in [0.2, 0.25) is 0 Å². The monoisotopic (exact) mass is 224 g/mol. The topological polar surface area (TPSA) is 50.4 Å². The lowest BCUT2D eigenvalue weighted by atomic mass is 9.87. The number of carboxylic acid groups (broad SMARTS) is 1. The maximum absolute atomic E-state index is 11.1. The fraction of sp³-hybridized carbons (Fsp3) is 0.615. The second kappa shape index (κ2) is 4.73. The molecule has 0 aliphatic heterocycles. The molecule has 1 heterocycles. The number of carbonyl (C=O) groups is 1. The van der Waals surface area contributed by atoms with Crippen molar-refractivity contribution in [1.82, 2.24) is 0 Å². The molecule has 1 aromatic heterocycles. The summed E-state index contributed by atoms with van der Waals surface area (Å²) in [6.45, 7) is 8.21. The Bertz CT molecular complexity index is 375. The minimum absolute atomic E-state index is 0.101.